The first-order valence-corrected chi connectivity index (χ1v) is 5.17. The third-order valence-corrected chi connectivity index (χ3v) is 0. The molecule has 0 aliphatic carbocycles. The molecule has 5 N–H and O–H groups in total. The summed E-state index contributed by atoms with van der Waals surface area (Å²) in [5.41, 5.74) is -1.50. The predicted octanol–water partition coefficient (Wildman–Crippen LogP) is 1.51. The zero-order valence-electron chi connectivity index (χ0n) is 12.3. The summed E-state index contributed by atoms with van der Waals surface area (Å²) >= 11 is 0. The maximum absolute atomic E-state index is 8.52. The highest BCUT2D eigenvalue weighted by atomic mass is 16.3. The van der Waals surface area contributed by atoms with Crippen LogP contribution in [0.25, 0.3) is 0 Å². The second-order valence-electron chi connectivity index (χ2n) is 6.51. The maximum atomic E-state index is 8.52. The van der Waals surface area contributed by atoms with Crippen molar-refractivity contribution in [3.63, 3.8) is 0 Å². The minimum atomic E-state index is -0.500. The SMILES string of the molecule is CC(C)(C)O.CC(C)(C)O.CC(C)(C)O.O. The molecular formula is C12H32O4. The van der Waals surface area contributed by atoms with Crippen LogP contribution in [0.2, 0.25) is 0 Å². The van der Waals surface area contributed by atoms with Crippen molar-refractivity contribution in [2.24, 2.45) is 0 Å². The van der Waals surface area contributed by atoms with Gasteiger partial charge in [0.15, 0.2) is 0 Å². The first-order valence-electron chi connectivity index (χ1n) is 5.17. The topological polar surface area (TPSA) is 92.2 Å². The second kappa shape index (κ2) is 8.93. The summed E-state index contributed by atoms with van der Waals surface area (Å²) in [6.45, 7) is 15.7. The lowest BCUT2D eigenvalue weighted by atomic mass is 10.2. The minimum Gasteiger partial charge on any atom is -0.412 e. The quantitative estimate of drug-likeness (QED) is 0.599. The first-order chi connectivity index (χ1) is 6.00. The molecule has 16 heavy (non-hydrogen) atoms. The number of hydrogen-bond acceptors (Lipinski definition) is 3. The molecule has 0 radical (unpaired) electrons. The Morgan fingerprint density at radius 2 is 0.438 bits per heavy atom. The van der Waals surface area contributed by atoms with Crippen molar-refractivity contribution in [1.82, 2.24) is 0 Å². The Morgan fingerprint density at radius 1 is 0.438 bits per heavy atom. The summed E-state index contributed by atoms with van der Waals surface area (Å²) < 4.78 is 0. The molecule has 0 aliphatic rings. The van der Waals surface area contributed by atoms with E-state index in [1.165, 1.54) is 0 Å². The Labute approximate surface area is 101 Å². The van der Waals surface area contributed by atoms with Gasteiger partial charge >= 0.3 is 0 Å². The average molecular weight is 240 g/mol. The van der Waals surface area contributed by atoms with Crippen molar-refractivity contribution in [2.75, 3.05) is 0 Å². The third kappa shape index (κ3) is 89100. The van der Waals surface area contributed by atoms with Crippen LogP contribution >= 0.6 is 0 Å². The highest BCUT2D eigenvalue weighted by Crippen LogP contribution is 1.94. The molecule has 0 saturated heterocycles. The van der Waals surface area contributed by atoms with Crippen LogP contribution in [0.3, 0.4) is 0 Å². The standard InChI is InChI=1S/3C4H10O.H2O/c3*1-4(2,3)5;/h3*5H,1-3H3;1H2. The van der Waals surface area contributed by atoms with E-state index < -0.39 is 16.8 Å². The van der Waals surface area contributed by atoms with E-state index in [-0.39, 0.29) is 5.48 Å². The van der Waals surface area contributed by atoms with Gasteiger partial charge in [-0.15, -0.1) is 0 Å². The van der Waals surface area contributed by atoms with E-state index in [1.807, 2.05) is 0 Å². The van der Waals surface area contributed by atoms with E-state index in [1.54, 1.807) is 62.3 Å². The lowest BCUT2D eigenvalue weighted by molar-refractivity contribution is 0.101. The molecule has 0 spiro atoms. The van der Waals surface area contributed by atoms with E-state index >= 15 is 0 Å². The highest BCUT2D eigenvalue weighted by molar-refractivity contribution is 4.51. The maximum Gasteiger partial charge on any atom is 0.0563 e. The summed E-state index contributed by atoms with van der Waals surface area (Å²) in [4.78, 5) is 0. The van der Waals surface area contributed by atoms with Gasteiger partial charge in [0.1, 0.15) is 0 Å². The van der Waals surface area contributed by atoms with Gasteiger partial charge < -0.3 is 20.8 Å². The van der Waals surface area contributed by atoms with E-state index in [2.05, 4.69) is 0 Å². The fourth-order valence-corrected chi connectivity index (χ4v) is 0. The fourth-order valence-electron chi connectivity index (χ4n) is 0. The Kier molecular flexibility index (Phi) is 13.9. The van der Waals surface area contributed by atoms with Crippen molar-refractivity contribution in [2.45, 2.75) is 79.1 Å². The van der Waals surface area contributed by atoms with Gasteiger partial charge in [0.2, 0.25) is 0 Å². The van der Waals surface area contributed by atoms with E-state index in [4.69, 9.17) is 15.3 Å². The summed E-state index contributed by atoms with van der Waals surface area (Å²) in [5.74, 6) is 0. The number of hydrogen-bond donors (Lipinski definition) is 3. The van der Waals surface area contributed by atoms with Crippen molar-refractivity contribution in [3.05, 3.63) is 0 Å². The lowest BCUT2D eigenvalue weighted by Crippen LogP contribution is -2.10. The minimum absolute atomic E-state index is 0. The lowest BCUT2D eigenvalue weighted by Gasteiger charge is -2.04. The first kappa shape index (κ1) is 24.9. The summed E-state index contributed by atoms with van der Waals surface area (Å²) in [6.07, 6.45) is 0. The Balaban J connectivity index is -0.0000000655. The molecule has 0 aromatic heterocycles. The van der Waals surface area contributed by atoms with Crippen molar-refractivity contribution in [3.8, 4) is 0 Å². The molecule has 0 fully saturated rings. The zero-order valence-corrected chi connectivity index (χ0v) is 12.3. The predicted molar refractivity (Wildman–Crippen MR) is 69.5 cm³/mol. The molecule has 0 unspecified atom stereocenters. The summed E-state index contributed by atoms with van der Waals surface area (Å²) in [7, 11) is 0. The van der Waals surface area contributed by atoms with Gasteiger partial charge in [0.25, 0.3) is 0 Å². The van der Waals surface area contributed by atoms with Gasteiger partial charge in [-0.25, -0.2) is 0 Å². The largest absolute Gasteiger partial charge is 0.412 e. The fraction of sp³-hybridized carbons (Fsp3) is 1.00. The van der Waals surface area contributed by atoms with Crippen LogP contribution in [-0.4, -0.2) is 37.6 Å². The molecule has 0 amide bonds. The molecular weight excluding hydrogens is 208 g/mol. The van der Waals surface area contributed by atoms with Crippen molar-refractivity contribution >= 4 is 0 Å². The molecule has 0 atom stereocenters. The van der Waals surface area contributed by atoms with Crippen LogP contribution in [0.4, 0.5) is 0 Å². The third-order valence-electron chi connectivity index (χ3n) is 0. The van der Waals surface area contributed by atoms with Gasteiger partial charge in [0.05, 0.1) is 16.8 Å². The van der Waals surface area contributed by atoms with Gasteiger partial charge in [-0.1, -0.05) is 0 Å². The number of aliphatic hydroxyl groups is 3. The van der Waals surface area contributed by atoms with Crippen LogP contribution in [0.5, 0.6) is 0 Å². The van der Waals surface area contributed by atoms with Gasteiger partial charge in [-0.05, 0) is 62.3 Å². The molecule has 104 valence electrons. The smallest absolute Gasteiger partial charge is 0.0563 e. The van der Waals surface area contributed by atoms with Crippen molar-refractivity contribution < 1.29 is 20.8 Å². The van der Waals surface area contributed by atoms with E-state index in [0.29, 0.717) is 0 Å². The molecule has 0 aliphatic heterocycles. The molecule has 4 nitrogen and oxygen atoms in total. The molecule has 0 aromatic rings. The monoisotopic (exact) mass is 240 g/mol. The second-order valence-corrected chi connectivity index (χ2v) is 6.51. The zero-order chi connectivity index (χ0) is 13.5. The normalized spacial score (nSPS) is 11.2. The highest BCUT2D eigenvalue weighted by Gasteiger charge is 1.98. The molecule has 4 heteroatoms. The molecule has 0 aromatic carbocycles. The Morgan fingerprint density at radius 3 is 0.438 bits per heavy atom. The summed E-state index contributed by atoms with van der Waals surface area (Å²) in [5, 5.41) is 25.6. The van der Waals surface area contributed by atoms with Crippen molar-refractivity contribution in [1.29, 1.82) is 0 Å². The molecule has 0 heterocycles. The van der Waals surface area contributed by atoms with E-state index in [9.17, 15) is 0 Å². The molecule has 0 saturated carbocycles. The number of rotatable bonds is 0. The molecule has 0 rings (SSSR count). The van der Waals surface area contributed by atoms with Crippen LogP contribution in [0.15, 0.2) is 0 Å². The van der Waals surface area contributed by atoms with Crippen LogP contribution in [0, 0.1) is 0 Å². The Bertz CT molecular complexity index is 88.0. The van der Waals surface area contributed by atoms with Gasteiger partial charge in [-0.3, -0.25) is 0 Å². The Hall–Kier alpha value is -0.160. The molecule has 0 bridgehead atoms. The average Bonchev–Trinajstić information content (AvgIpc) is 1.41. The van der Waals surface area contributed by atoms with E-state index in [0.717, 1.165) is 0 Å². The van der Waals surface area contributed by atoms with Gasteiger partial charge in [-0.2, -0.15) is 0 Å². The van der Waals surface area contributed by atoms with Crippen LogP contribution in [0.1, 0.15) is 62.3 Å². The van der Waals surface area contributed by atoms with Gasteiger partial charge in [0, 0.05) is 0 Å². The van der Waals surface area contributed by atoms with Crippen LogP contribution < -0.4 is 0 Å². The van der Waals surface area contributed by atoms with Crippen LogP contribution in [-0.2, 0) is 0 Å². The summed E-state index contributed by atoms with van der Waals surface area (Å²) in [6, 6.07) is 0.